The third-order valence-corrected chi connectivity index (χ3v) is 4.92. The molecule has 1 saturated carbocycles. The monoisotopic (exact) mass is 276 g/mol. The van der Waals surface area contributed by atoms with Gasteiger partial charge in [-0.1, -0.05) is 38.0 Å². The topological polar surface area (TPSA) is 47.3 Å². The second kappa shape index (κ2) is 6.15. The molecule has 0 saturated heterocycles. The van der Waals surface area contributed by atoms with E-state index in [1.807, 2.05) is 0 Å². The molecule has 0 aliphatic heterocycles. The number of nitrogens with one attached hydrogen (secondary N) is 1. The van der Waals surface area contributed by atoms with Crippen LogP contribution in [0, 0.1) is 18.3 Å². The van der Waals surface area contributed by atoms with Gasteiger partial charge >= 0.3 is 0 Å². The highest BCUT2D eigenvalue weighted by Gasteiger charge is 2.39. The summed E-state index contributed by atoms with van der Waals surface area (Å²) in [6.07, 6.45) is 4.78. The van der Waals surface area contributed by atoms with Crippen LogP contribution in [-0.4, -0.2) is 13.2 Å². The quantitative estimate of drug-likeness (QED) is 0.641. The lowest BCUT2D eigenvalue weighted by Gasteiger charge is -2.34. The fraction of sp³-hybridized carbons (Fsp3) is 0.647. The normalized spacial score (nSPS) is 22.8. The van der Waals surface area contributed by atoms with Gasteiger partial charge in [0.1, 0.15) is 5.75 Å². The summed E-state index contributed by atoms with van der Waals surface area (Å²) in [4.78, 5) is 0. The summed E-state index contributed by atoms with van der Waals surface area (Å²) >= 11 is 0. The smallest absolute Gasteiger partial charge is 0.122 e. The largest absolute Gasteiger partial charge is 0.496 e. The summed E-state index contributed by atoms with van der Waals surface area (Å²) in [5, 5.41) is 0. The first kappa shape index (κ1) is 15.3. The zero-order chi connectivity index (χ0) is 14.8. The summed E-state index contributed by atoms with van der Waals surface area (Å²) in [6.45, 7) is 6.85. The summed E-state index contributed by atoms with van der Waals surface area (Å²) in [6, 6.07) is 6.67. The van der Waals surface area contributed by atoms with Gasteiger partial charge in [0.05, 0.1) is 7.11 Å². The zero-order valence-corrected chi connectivity index (χ0v) is 13.2. The molecule has 3 nitrogen and oxygen atoms in total. The molecule has 1 fully saturated rings. The number of methoxy groups -OCH3 is 1. The lowest BCUT2D eigenvalue weighted by molar-refractivity contribution is 0.195. The molecular weight excluding hydrogens is 248 g/mol. The van der Waals surface area contributed by atoms with Crippen LogP contribution in [0.5, 0.6) is 5.75 Å². The van der Waals surface area contributed by atoms with E-state index in [0.29, 0.717) is 17.4 Å². The molecule has 1 aromatic rings. The molecule has 1 aliphatic carbocycles. The summed E-state index contributed by atoms with van der Waals surface area (Å²) in [5.41, 5.74) is 5.95. The first-order valence-corrected chi connectivity index (χ1v) is 7.57. The highest BCUT2D eigenvalue weighted by Crippen LogP contribution is 2.45. The van der Waals surface area contributed by atoms with Crippen LogP contribution in [0.15, 0.2) is 18.2 Å². The van der Waals surface area contributed by atoms with Gasteiger partial charge in [0.2, 0.25) is 0 Å². The van der Waals surface area contributed by atoms with Crippen molar-refractivity contribution in [3.63, 3.8) is 0 Å². The molecular formula is C17H28N2O. The molecule has 1 aliphatic rings. The van der Waals surface area contributed by atoms with Crippen molar-refractivity contribution in [3.8, 4) is 5.75 Å². The van der Waals surface area contributed by atoms with Gasteiger partial charge in [-0.25, -0.2) is 0 Å². The second-order valence-corrected chi connectivity index (χ2v) is 6.78. The van der Waals surface area contributed by atoms with E-state index in [1.165, 1.54) is 30.4 Å². The molecule has 0 bridgehead atoms. The number of aryl methyl sites for hydroxylation is 1. The second-order valence-electron chi connectivity index (χ2n) is 6.78. The van der Waals surface area contributed by atoms with Crippen molar-refractivity contribution in [2.45, 2.75) is 52.5 Å². The fourth-order valence-electron chi connectivity index (χ4n) is 3.72. The van der Waals surface area contributed by atoms with Gasteiger partial charge in [0, 0.05) is 6.04 Å². The Morgan fingerprint density at radius 2 is 2.20 bits per heavy atom. The molecule has 0 aromatic heterocycles. The third-order valence-electron chi connectivity index (χ3n) is 4.92. The maximum absolute atomic E-state index is 5.86. The maximum Gasteiger partial charge on any atom is 0.122 e. The molecule has 0 radical (unpaired) electrons. The van der Waals surface area contributed by atoms with Crippen LogP contribution in [0.4, 0.5) is 0 Å². The van der Waals surface area contributed by atoms with Crippen molar-refractivity contribution < 1.29 is 4.74 Å². The molecule has 2 atom stereocenters. The summed E-state index contributed by atoms with van der Waals surface area (Å²) in [5.74, 6) is 7.45. The molecule has 20 heavy (non-hydrogen) atoms. The Hall–Kier alpha value is -1.06. The van der Waals surface area contributed by atoms with Gasteiger partial charge in [-0.2, -0.15) is 0 Å². The van der Waals surface area contributed by atoms with E-state index in [9.17, 15) is 0 Å². The summed E-state index contributed by atoms with van der Waals surface area (Å²) in [7, 11) is 1.73. The number of hydrogen-bond acceptors (Lipinski definition) is 3. The lowest BCUT2D eigenvalue weighted by atomic mass is 9.76. The Morgan fingerprint density at radius 1 is 1.45 bits per heavy atom. The molecule has 1 aromatic carbocycles. The van der Waals surface area contributed by atoms with Crippen molar-refractivity contribution in [1.29, 1.82) is 0 Å². The highest BCUT2D eigenvalue weighted by atomic mass is 16.5. The molecule has 0 heterocycles. The average Bonchev–Trinajstić information content (AvgIpc) is 2.76. The Labute approximate surface area is 122 Å². The van der Waals surface area contributed by atoms with Gasteiger partial charge in [0.15, 0.2) is 0 Å². The van der Waals surface area contributed by atoms with Crippen LogP contribution in [0.2, 0.25) is 0 Å². The van der Waals surface area contributed by atoms with Crippen LogP contribution >= 0.6 is 0 Å². The molecule has 112 valence electrons. The number of nitrogens with two attached hydrogens (primary N) is 1. The predicted octanol–water partition coefficient (Wildman–Crippen LogP) is 3.20. The number of hydrogen-bond donors (Lipinski definition) is 2. The highest BCUT2D eigenvalue weighted by molar-refractivity contribution is 5.37. The standard InChI is InChI=1S/C17H28N2O/c1-12-7-8-16(20-4)13(10-12)11-15(19-18)14-6-5-9-17(14,2)3/h7-8,10,14-15,19H,5-6,9,11,18H2,1-4H3. The van der Waals surface area contributed by atoms with Crippen molar-refractivity contribution in [1.82, 2.24) is 5.43 Å². The summed E-state index contributed by atoms with van der Waals surface area (Å²) < 4.78 is 5.49. The minimum atomic E-state index is 0.309. The Kier molecular flexibility index (Phi) is 4.71. The first-order valence-electron chi connectivity index (χ1n) is 7.57. The van der Waals surface area contributed by atoms with Crippen LogP contribution in [0.25, 0.3) is 0 Å². The molecule has 0 amide bonds. The van der Waals surface area contributed by atoms with Crippen LogP contribution < -0.4 is 16.0 Å². The number of hydrazine groups is 1. The Balaban J connectivity index is 2.20. The molecule has 3 N–H and O–H groups in total. The van der Waals surface area contributed by atoms with E-state index >= 15 is 0 Å². The number of rotatable bonds is 5. The minimum absolute atomic E-state index is 0.309. The van der Waals surface area contributed by atoms with E-state index < -0.39 is 0 Å². The maximum atomic E-state index is 5.86. The van der Waals surface area contributed by atoms with Crippen molar-refractivity contribution >= 4 is 0 Å². The number of benzene rings is 1. The van der Waals surface area contributed by atoms with Gasteiger partial charge in [-0.05, 0) is 49.1 Å². The predicted molar refractivity (Wildman–Crippen MR) is 83.7 cm³/mol. The van der Waals surface area contributed by atoms with E-state index in [1.54, 1.807) is 7.11 Å². The first-order chi connectivity index (χ1) is 9.47. The Bertz CT molecular complexity index is 456. The Morgan fingerprint density at radius 3 is 2.75 bits per heavy atom. The molecule has 2 rings (SSSR count). The van der Waals surface area contributed by atoms with Crippen LogP contribution in [0.1, 0.15) is 44.2 Å². The minimum Gasteiger partial charge on any atom is -0.496 e. The molecule has 3 heteroatoms. The van der Waals surface area contributed by atoms with Crippen LogP contribution in [0.3, 0.4) is 0 Å². The SMILES string of the molecule is COc1ccc(C)cc1CC(NN)C1CCCC1(C)C. The fourth-order valence-corrected chi connectivity index (χ4v) is 3.72. The van der Waals surface area contributed by atoms with Gasteiger partial charge in [0.25, 0.3) is 0 Å². The van der Waals surface area contributed by atoms with Gasteiger partial charge in [-0.15, -0.1) is 0 Å². The average molecular weight is 276 g/mol. The number of ether oxygens (including phenoxy) is 1. The van der Waals surface area contributed by atoms with Crippen molar-refractivity contribution in [2.24, 2.45) is 17.2 Å². The van der Waals surface area contributed by atoms with Crippen molar-refractivity contribution in [3.05, 3.63) is 29.3 Å². The van der Waals surface area contributed by atoms with Gasteiger partial charge in [-0.3, -0.25) is 11.3 Å². The van der Waals surface area contributed by atoms with Crippen molar-refractivity contribution in [2.75, 3.05) is 7.11 Å². The molecule has 2 unspecified atom stereocenters. The van der Waals surface area contributed by atoms with E-state index in [4.69, 9.17) is 10.6 Å². The van der Waals surface area contributed by atoms with E-state index in [0.717, 1.165) is 12.2 Å². The lowest BCUT2D eigenvalue weighted by Crippen LogP contribution is -2.45. The molecule has 0 spiro atoms. The van der Waals surface area contributed by atoms with E-state index in [2.05, 4.69) is 44.4 Å². The van der Waals surface area contributed by atoms with E-state index in [-0.39, 0.29) is 0 Å². The van der Waals surface area contributed by atoms with Gasteiger partial charge < -0.3 is 4.74 Å². The van der Waals surface area contributed by atoms with Crippen LogP contribution in [-0.2, 0) is 6.42 Å². The third kappa shape index (κ3) is 3.15. The zero-order valence-electron chi connectivity index (χ0n) is 13.2.